The van der Waals surface area contributed by atoms with Gasteiger partial charge in [0.05, 0.1) is 7.11 Å². The average Bonchev–Trinajstić information content (AvgIpc) is 3.24. The number of hydrogen-bond acceptors (Lipinski definition) is 7. The first-order valence-electron chi connectivity index (χ1n) is 9.77. The third kappa shape index (κ3) is 4.16. The van der Waals surface area contributed by atoms with Crippen LogP contribution in [-0.2, 0) is 4.79 Å². The summed E-state index contributed by atoms with van der Waals surface area (Å²) in [5.74, 6) is -1.47. The lowest BCUT2D eigenvalue weighted by Gasteiger charge is -2.35. The van der Waals surface area contributed by atoms with E-state index in [1.807, 2.05) is 0 Å². The largest absolute Gasteiger partial charge is 0.497 e. The summed E-state index contributed by atoms with van der Waals surface area (Å²) < 4.78 is 15.8. The molecule has 1 aliphatic rings. The number of nitro groups is 1. The number of Topliss-reactive ketones (excluding diaryl/α,β-unsaturated/α-hetero) is 1. The summed E-state index contributed by atoms with van der Waals surface area (Å²) in [6.07, 6.45) is -0.182. The Hall–Kier alpha value is -3.62. The summed E-state index contributed by atoms with van der Waals surface area (Å²) in [5, 5.41) is 21.4. The van der Waals surface area contributed by atoms with Crippen molar-refractivity contribution in [2.24, 2.45) is 5.41 Å². The normalized spacial score (nSPS) is 15.0. The van der Waals surface area contributed by atoms with Gasteiger partial charge in [0.15, 0.2) is 17.3 Å². The molecule has 1 heterocycles. The molecule has 0 amide bonds. The van der Waals surface area contributed by atoms with Crippen molar-refractivity contribution in [1.29, 1.82) is 0 Å². The summed E-state index contributed by atoms with van der Waals surface area (Å²) in [4.78, 5) is 36.8. The highest BCUT2D eigenvalue weighted by Gasteiger charge is 2.52. The van der Waals surface area contributed by atoms with E-state index in [1.165, 1.54) is 19.2 Å². The number of carboxylic acid groups (broad SMARTS) is 1. The number of nitrogens with zero attached hydrogens (tertiary/aromatic N) is 1. The molecular weight excluding hydrogens is 406 g/mol. The molecule has 1 aliphatic heterocycles. The van der Waals surface area contributed by atoms with Gasteiger partial charge in [-0.2, -0.15) is 0 Å². The number of ketones is 1. The number of hydrogen-bond donors (Lipinski definition) is 1. The minimum Gasteiger partial charge on any atom is -0.497 e. The fourth-order valence-corrected chi connectivity index (χ4v) is 4.02. The van der Waals surface area contributed by atoms with Crippen molar-refractivity contribution in [1.82, 2.24) is 0 Å². The van der Waals surface area contributed by atoms with Gasteiger partial charge in [0.1, 0.15) is 11.2 Å². The van der Waals surface area contributed by atoms with Crippen LogP contribution in [0.1, 0.15) is 41.6 Å². The summed E-state index contributed by atoms with van der Waals surface area (Å²) in [6, 6.07) is 11.0. The van der Waals surface area contributed by atoms with Gasteiger partial charge in [0, 0.05) is 22.8 Å². The molecule has 2 aromatic carbocycles. The SMILES string of the molecule is CCC(C(=O)O)(C(=O)c1ccc(OC)cc1)C(CC[N+](=O)[O-])c1ccc2c(c1)OCO2. The highest BCUT2D eigenvalue weighted by atomic mass is 16.7. The maximum absolute atomic E-state index is 13.6. The van der Waals surface area contributed by atoms with E-state index < -0.39 is 34.6 Å². The maximum Gasteiger partial charge on any atom is 0.318 e. The lowest BCUT2D eigenvalue weighted by molar-refractivity contribution is -0.481. The molecule has 0 aliphatic carbocycles. The van der Waals surface area contributed by atoms with Crippen molar-refractivity contribution in [3.8, 4) is 17.2 Å². The van der Waals surface area contributed by atoms with E-state index in [4.69, 9.17) is 14.2 Å². The third-order valence-corrected chi connectivity index (χ3v) is 5.69. The van der Waals surface area contributed by atoms with E-state index in [0.29, 0.717) is 22.8 Å². The second-order valence-electron chi connectivity index (χ2n) is 7.20. The van der Waals surface area contributed by atoms with Crippen LogP contribution in [0.3, 0.4) is 0 Å². The Morgan fingerprint density at radius 3 is 2.45 bits per heavy atom. The molecule has 2 atom stereocenters. The second kappa shape index (κ2) is 9.03. The van der Waals surface area contributed by atoms with Crippen molar-refractivity contribution in [2.45, 2.75) is 25.7 Å². The van der Waals surface area contributed by atoms with E-state index in [9.17, 15) is 24.8 Å². The molecular formula is C22H23NO8. The number of carboxylic acids is 1. The molecule has 0 bridgehead atoms. The van der Waals surface area contributed by atoms with Crippen LogP contribution in [0.15, 0.2) is 42.5 Å². The van der Waals surface area contributed by atoms with Crippen LogP contribution >= 0.6 is 0 Å². The number of fused-ring (bicyclic) bond motifs is 1. The lowest BCUT2D eigenvalue weighted by Crippen LogP contribution is -2.45. The Morgan fingerprint density at radius 1 is 1.19 bits per heavy atom. The molecule has 0 aromatic heterocycles. The predicted octanol–water partition coefficient (Wildman–Crippen LogP) is 3.54. The van der Waals surface area contributed by atoms with Crippen LogP contribution in [0.5, 0.6) is 17.2 Å². The summed E-state index contributed by atoms with van der Waals surface area (Å²) >= 11 is 0. The van der Waals surface area contributed by atoms with Gasteiger partial charge in [-0.25, -0.2) is 0 Å². The zero-order valence-electron chi connectivity index (χ0n) is 17.2. The van der Waals surface area contributed by atoms with Gasteiger partial charge in [0.25, 0.3) is 0 Å². The van der Waals surface area contributed by atoms with Crippen LogP contribution in [0.25, 0.3) is 0 Å². The van der Waals surface area contributed by atoms with E-state index in [1.54, 1.807) is 37.3 Å². The van der Waals surface area contributed by atoms with Gasteiger partial charge < -0.3 is 19.3 Å². The van der Waals surface area contributed by atoms with Gasteiger partial charge in [0.2, 0.25) is 13.3 Å². The molecule has 0 radical (unpaired) electrons. The Balaban J connectivity index is 2.12. The molecule has 3 rings (SSSR count). The summed E-state index contributed by atoms with van der Waals surface area (Å²) in [7, 11) is 1.48. The van der Waals surface area contributed by atoms with Crippen LogP contribution < -0.4 is 14.2 Å². The summed E-state index contributed by atoms with van der Waals surface area (Å²) in [5.41, 5.74) is -1.24. The van der Waals surface area contributed by atoms with E-state index in [2.05, 4.69) is 0 Å². The van der Waals surface area contributed by atoms with E-state index in [0.717, 1.165) is 0 Å². The first kappa shape index (κ1) is 22.1. The van der Waals surface area contributed by atoms with Crippen molar-refractivity contribution in [3.63, 3.8) is 0 Å². The molecule has 2 aromatic rings. The van der Waals surface area contributed by atoms with Crippen molar-refractivity contribution < 1.29 is 33.8 Å². The number of benzene rings is 2. The molecule has 2 unspecified atom stereocenters. The molecule has 0 spiro atoms. The standard InChI is InChI=1S/C22H23NO8/c1-3-22(21(25)26,20(24)14-4-7-16(29-2)8-5-14)17(10-11-23(27)28)15-6-9-18-19(12-15)31-13-30-18/h4-9,12,17H,3,10-11,13H2,1-2H3,(H,25,26). The van der Waals surface area contributed by atoms with Crippen LogP contribution in [0.4, 0.5) is 0 Å². The molecule has 0 fully saturated rings. The Kier molecular flexibility index (Phi) is 6.43. The number of carbonyl (C=O) groups is 2. The fraction of sp³-hybridized carbons (Fsp3) is 0.364. The maximum atomic E-state index is 13.6. The van der Waals surface area contributed by atoms with Crippen LogP contribution in [0, 0.1) is 15.5 Å². The van der Waals surface area contributed by atoms with E-state index in [-0.39, 0.29) is 25.2 Å². The zero-order chi connectivity index (χ0) is 22.6. The second-order valence-corrected chi connectivity index (χ2v) is 7.20. The lowest BCUT2D eigenvalue weighted by atomic mass is 9.64. The number of methoxy groups -OCH3 is 1. The minimum absolute atomic E-state index is 0.0288. The number of ether oxygens (including phenoxy) is 3. The molecule has 0 saturated carbocycles. The Bertz CT molecular complexity index is 988. The monoisotopic (exact) mass is 429 g/mol. The number of carbonyl (C=O) groups excluding carboxylic acids is 1. The molecule has 9 nitrogen and oxygen atoms in total. The predicted molar refractivity (Wildman–Crippen MR) is 109 cm³/mol. The minimum atomic E-state index is -1.90. The van der Waals surface area contributed by atoms with E-state index >= 15 is 0 Å². The smallest absolute Gasteiger partial charge is 0.318 e. The average molecular weight is 429 g/mol. The Labute approximate surface area is 178 Å². The first-order chi connectivity index (χ1) is 14.8. The van der Waals surface area contributed by atoms with Gasteiger partial charge in [-0.05, 0) is 48.4 Å². The molecule has 31 heavy (non-hydrogen) atoms. The van der Waals surface area contributed by atoms with Gasteiger partial charge in [-0.15, -0.1) is 0 Å². The topological polar surface area (TPSA) is 125 Å². The van der Waals surface area contributed by atoms with Gasteiger partial charge >= 0.3 is 5.97 Å². The molecule has 164 valence electrons. The van der Waals surface area contributed by atoms with Gasteiger partial charge in [-0.3, -0.25) is 19.7 Å². The third-order valence-electron chi connectivity index (χ3n) is 5.69. The molecule has 1 N–H and O–H groups in total. The molecule has 9 heteroatoms. The fourth-order valence-electron chi connectivity index (χ4n) is 4.02. The Morgan fingerprint density at radius 2 is 1.87 bits per heavy atom. The summed E-state index contributed by atoms with van der Waals surface area (Å²) in [6.45, 7) is 1.15. The zero-order valence-corrected chi connectivity index (χ0v) is 17.2. The first-order valence-corrected chi connectivity index (χ1v) is 9.77. The quantitative estimate of drug-likeness (QED) is 0.263. The van der Waals surface area contributed by atoms with Crippen molar-refractivity contribution in [3.05, 3.63) is 63.7 Å². The van der Waals surface area contributed by atoms with Gasteiger partial charge in [-0.1, -0.05) is 13.0 Å². The highest BCUT2D eigenvalue weighted by molar-refractivity contribution is 6.13. The molecule has 0 saturated heterocycles. The highest BCUT2D eigenvalue weighted by Crippen LogP contribution is 2.47. The van der Waals surface area contributed by atoms with Crippen LogP contribution in [0.2, 0.25) is 0 Å². The van der Waals surface area contributed by atoms with Crippen molar-refractivity contribution in [2.75, 3.05) is 20.4 Å². The number of aliphatic carboxylic acids is 1. The van der Waals surface area contributed by atoms with Crippen LogP contribution in [-0.4, -0.2) is 42.2 Å². The van der Waals surface area contributed by atoms with Crippen molar-refractivity contribution >= 4 is 11.8 Å². The number of rotatable bonds is 10.